The molecule has 1 heterocycles. The third kappa shape index (κ3) is 6.29. The normalized spacial score (nSPS) is 14.8. The zero-order valence-electron chi connectivity index (χ0n) is 12.9. The fourth-order valence-corrected chi connectivity index (χ4v) is 2.59. The van der Waals surface area contributed by atoms with Crippen molar-refractivity contribution in [2.24, 2.45) is 4.99 Å². The highest BCUT2D eigenvalue weighted by atomic mass is 127. The molecule has 130 valence electrons. The molecule has 1 saturated heterocycles. The van der Waals surface area contributed by atoms with Crippen LogP contribution in [0, 0.1) is 0 Å². The zero-order valence-corrected chi connectivity index (χ0v) is 16.0. The Morgan fingerprint density at radius 2 is 2.09 bits per heavy atom. The molecule has 0 aliphatic carbocycles. The predicted molar refractivity (Wildman–Crippen MR) is 99.1 cm³/mol. The van der Waals surface area contributed by atoms with Crippen molar-refractivity contribution >= 4 is 41.5 Å². The summed E-state index contributed by atoms with van der Waals surface area (Å²) in [5, 5.41) is 3.69. The van der Waals surface area contributed by atoms with Gasteiger partial charge in [-0.05, 0) is 38.0 Å². The fraction of sp³-hybridized carbons (Fsp3) is 0.533. The van der Waals surface area contributed by atoms with Crippen molar-refractivity contribution < 1.29 is 13.5 Å². The number of aliphatic imine (C=N–C) groups is 1. The molecule has 1 aromatic rings. The van der Waals surface area contributed by atoms with Crippen LogP contribution in [0.25, 0.3) is 0 Å². The van der Waals surface area contributed by atoms with Crippen molar-refractivity contribution in [1.82, 2.24) is 10.2 Å². The third-order valence-electron chi connectivity index (χ3n) is 3.38. The van der Waals surface area contributed by atoms with Crippen LogP contribution in [0.3, 0.4) is 0 Å². The lowest BCUT2D eigenvalue weighted by molar-refractivity contribution is -0.0504. The van der Waals surface area contributed by atoms with Crippen LogP contribution in [0.4, 0.5) is 8.78 Å². The van der Waals surface area contributed by atoms with Crippen molar-refractivity contribution in [3.8, 4) is 5.75 Å². The average Bonchev–Trinajstić information content (AvgIpc) is 2.99. The van der Waals surface area contributed by atoms with Gasteiger partial charge >= 0.3 is 6.61 Å². The summed E-state index contributed by atoms with van der Waals surface area (Å²) < 4.78 is 29.4. The van der Waals surface area contributed by atoms with E-state index in [4.69, 9.17) is 11.6 Å². The van der Waals surface area contributed by atoms with Crippen molar-refractivity contribution in [3.63, 3.8) is 0 Å². The SMILES string of the molecule is CCNC(=NCc1cc(Cl)ccc1OC(F)F)N1CCCC1.I. The zero-order chi connectivity index (χ0) is 15.9. The maximum absolute atomic E-state index is 12.5. The molecule has 8 heteroatoms. The van der Waals surface area contributed by atoms with Gasteiger partial charge in [-0.3, -0.25) is 0 Å². The molecule has 1 aliphatic heterocycles. The number of benzene rings is 1. The van der Waals surface area contributed by atoms with Crippen molar-refractivity contribution in [2.45, 2.75) is 32.9 Å². The van der Waals surface area contributed by atoms with E-state index in [1.807, 2.05) is 6.92 Å². The first-order valence-corrected chi connectivity index (χ1v) is 7.74. The van der Waals surface area contributed by atoms with Crippen molar-refractivity contribution in [2.75, 3.05) is 19.6 Å². The van der Waals surface area contributed by atoms with Gasteiger partial charge in [-0.25, -0.2) is 4.99 Å². The minimum Gasteiger partial charge on any atom is -0.434 e. The first-order valence-electron chi connectivity index (χ1n) is 7.36. The lowest BCUT2D eigenvalue weighted by Crippen LogP contribution is -2.39. The van der Waals surface area contributed by atoms with E-state index in [0.717, 1.165) is 38.4 Å². The molecule has 23 heavy (non-hydrogen) atoms. The van der Waals surface area contributed by atoms with Gasteiger partial charge in [-0.2, -0.15) is 8.78 Å². The number of alkyl halides is 2. The van der Waals surface area contributed by atoms with Crippen LogP contribution < -0.4 is 10.1 Å². The van der Waals surface area contributed by atoms with E-state index in [9.17, 15) is 8.78 Å². The molecular formula is C15H21ClF2IN3O. The molecule has 0 radical (unpaired) electrons. The van der Waals surface area contributed by atoms with Crippen LogP contribution in [0.2, 0.25) is 5.02 Å². The van der Waals surface area contributed by atoms with E-state index in [1.165, 1.54) is 12.1 Å². The summed E-state index contributed by atoms with van der Waals surface area (Å²) in [5.41, 5.74) is 0.544. The van der Waals surface area contributed by atoms with E-state index >= 15 is 0 Å². The van der Waals surface area contributed by atoms with Crippen molar-refractivity contribution in [1.29, 1.82) is 0 Å². The quantitative estimate of drug-likeness (QED) is 0.409. The highest BCUT2D eigenvalue weighted by Crippen LogP contribution is 2.25. The largest absolute Gasteiger partial charge is 0.434 e. The van der Waals surface area contributed by atoms with Crippen LogP contribution >= 0.6 is 35.6 Å². The number of halogens is 4. The monoisotopic (exact) mass is 459 g/mol. The maximum Gasteiger partial charge on any atom is 0.387 e. The Morgan fingerprint density at radius 3 is 2.70 bits per heavy atom. The Hall–Kier alpha value is -0.830. The Morgan fingerprint density at radius 1 is 1.39 bits per heavy atom. The summed E-state index contributed by atoms with van der Waals surface area (Å²) >= 11 is 5.94. The molecule has 0 saturated carbocycles. The molecule has 0 amide bonds. The standard InChI is InChI=1S/C15H20ClF2N3O.HI/c1-2-19-15(21-7-3-4-8-21)20-10-11-9-12(16)5-6-13(11)22-14(17)18;/h5-6,9,14H,2-4,7-8,10H2,1H3,(H,19,20);1H. The van der Waals surface area contributed by atoms with Crippen molar-refractivity contribution in [3.05, 3.63) is 28.8 Å². The molecular weight excluding hydrogens is 439 g/mol. The topological polar surface area (TPSA) is 36.9 Å². The number of hydrogen-bond donors (Lipinski definition) is 1. The Balaban J connectivity index is 0.00000264. The molecule has 0 atom stereocenters. The minimum absolute atomic E-state index is 0. The van der Waals surface area contributed by atoms with Gasteiger partial charge in [0.15, 0.2) is 5.96 Å². The second kappa shape index (κ2) is 10.1. The number of ether oxygens (including phenoxy) is 1. The number of nitrogens with one attached hydrogen (secondary N) is 1. The van der Waals surface area contributed by atoms with Gasteiger partial charge in [-0.1, -0.05) is 11.6 Å². The van der Waals surface area contributed by atoms with Gasteiger partial charge in [-0.15, -0.1) is 24.0 Å². The summed E-state index contributed by atoms with van der Waals surface area (Å²) in [5.74, 6) is 0.906. The molecule has 1 aromatic carbocycles. The second-order valence-corrected chi connectivity index (χ2v) is 5.43. The number of guanidine groups is 1. The summed E-state index contributed by atoms with van der Waals surface area (Å²) in [6.07, 6.45) is 2.28. The lowest BCUT2D eigenvalue weighted by atomic mass is 10.2. The molecule has 0 bridgehead atoms. The first kappa shape index (κ1) is 20.2. The fourth-order valence-electron chi connectivity index (χ4n) is 2.40. The van der Waals surface area contributed by atoms with Gasteiger partial charge in [0.1, 0.15) is 5.75 Å². The van der Waals surface area contributed by atoms with E-state index in [0.29, 0.717) is 10.6 Å². The van der Waals surface area contributed by atoms with Gasteiger partial charge in [0.2, 0.25) is 0 Å². The summed E-state index contributed by atoms with van der Waals surface area (Å²) in [7, 11) is 0. The molecule has 0 unspecified atom stereocenters. The number of likely N-dealkylation sites (tertiary alicyclic amines) is 1. The van der Waals surface area contributed by atoms with Crippen LogP contribution in [0.15, 0.2) is 23.2 Å². The molecule has 0 aromatic heterocycles. The van der Waals surface area contributed by atoms with E-state index in [-0.39, 0.29) is 36.3 Å². The summed E-state index contributed by atoms with van der Waals surface area (Å²) in [6.45, 7) is 2.04. The van der Waals surface area contributed by atoms with Gasteiger partial charge in [0.05, 0.1) is 6.54 Å². The number of rotatable bonds is 5. The van der Waals surface area contributed by atoms with E-state index < -0.39 is 6.61 Å². The van der Waals surface area contributed by atoms with Crippen LogP contribution in [0.1, 0.15) is 25.3 Å². The van der Waals surface area contributed by atoms with Gasteiger partial charge in [0.25, 0.3) is 0 Å². The van der Waals surface area contributed by atoms with Gasteiger partial charge < -0.3 is 15.0 Å². The van der Waals surface area contributed by atoms with Crippen LogP contribution in [0.5, 0.6) is 5.75 Å². The third-order valence-corrected chi connectivity index (χ3v) is 3.61. The highest BCUT2D eigenvalue weighted by Gasteiger charge is 2.16. The molecule has 1 fully saturated rings. The molecule has 4 nitrogen and oxygen atoms in total. The Bertz CT molecular complexity index is 525. The molecule has 1 aliphatic rings. The van der Waals surface area contributed by atoms with Gasteiger partial charge in [0, 0.05) is 30.2 Å². The second-order valence-electron chi connectivity index (χ2n) is 4.99. The predicted octanol–water partition coefficient (Wildman–Crippen LogP) is 4.12. The van der Waals surface area contributed by atoms with E-state index in [2.05, 4.69) is 19.9 Å². The molecule has 2 rings (SSSR count). The number of nitrogens with zero attached hydrogens (tertiary/aromatic N) is 2. The molecule has 0 spiro atoms. The average molecular weight is 460 g/mol. The Kier molecular flexibility index (Phi) is 8.90. The summed E-state index contributed by atoms with van der Waals surface area (Å²) in [4.78, 5) is 6.69. The minimum atomic E-state index is -2.87. The number of hydrogen-bond acceptors (Lipinski definition) is 2. The Labute approximate surface area is 157 Å². The van der Waals surface area contributed by atoms with E-state index in [1.54, 1.807) is 6.07 Å². The van der Waals surface area contributed by atoms with Crippen LogP contribution in [-0.4, -0.2) is 37.1 Å². The highest BCUT2D eigenvalue weighted by molar-refractivity contribution is 14.0. The van der Waals surface area contributed by atoms with Crippen LogP contribution in [-0.2, 0) is 6.54 Å². The maximum atomic E-state index is 12.5. The lowest BCUT2D eigenvalue weighted by Gasteiger charge is -2.21. The molecule has 1 N–H and O–H groups in total. The first-order chi connectivity index (χ1) is 10.6. The summed E-state index contributed by atoms with van der Waals surface area (Å²) in [6, 6.07) is 4.58. The smallest absolute Gasteiger partial charge is 0.387 e.